The van der Waals surface area contributed by atoms with Gasteiger partial charge in [-0.2, -0.15) is 0 Å². The second kappa shape index (κ2) is 9.61. The number of nitrogens with zero attached hydrogens (tertiary/aromatic N) is 3. The quantitative estimate of drug-likeness (QED) is 0.622. The monoisotopic (exact) mass is 422 g/mol. The van der Waals surface area contributed by atoms with Gasteiger partial charge in [-0.05, 0) is 49.6 Å². The van der Waals surface area contributed by atoms with Gasteiger partial charge in [0.2, 0.25) is 5.88 Å². The number of pyridine rings is 1. The number of methoxy groups -OCH3 is 1. The van der Waals surface area contributed by atoms with Gasteiger partial charge in [0.1, 0.15) is 18.1 Å². The molecule has 2 aromatic heterocycles. The Morgan fingerprint density at radius 3 is 2.48 bits per heavy atom. The molecule has 0 aliphatic carbocycles. The van der Waals surface area contributed by atoms with E-state index in [4.69, 9.17) is 19.6 Å². The van der Waals surface area contributed by atoms with Gasteiger partial charge in [0, 0.05) is 43.0 Å². The van der Waals surface area contributed by atoms with E-state index in [1.165, 1.54) is 0 Å². The topological polar surface area (TPSA) is 104 Å². The van der Waals surface area contributed by atoms with Crippen LogP contribution in [-0.4, -0.2) is 54.1 Å². The van der Waals surface area contributed by atoms with Crippen LogP contribution in [0.15, 0.2) is 47.0 Å². The number of piperidine rings is 1. The van der Waals surface area contributed by atoms with Crippen molar-refractivity contribution in [3.8, 4) is 34.2 Å². The van der Waals surface area contributed by atoms with Crippen LogP contribution in [0.25, 0.3) is 22.6 Å². The summed E-state index contributed by atoms with van der Waals surface area (Å²) in [6.45, 7) is 2.34. The van der Waals surface area contributed by atoms with Crippen LogP contribution in [0.4, 0.5) is 0 Å². The van der Waals surface area contributed by atoms with Crippen molar-refractivity contribution in [2.45, 2.75) is 19.3 Å². The summed E-state index contributed by atoms with van der Waals surface area (Å²) in [7, 11) is 1.56. The summed E-state index contributed by atoms with van der Waals surface area (Å²) < 4.78 is 16.7. The van der Waals surface area contributed by atoms with Crippen molar-refractivity contribution >= 4 is 5.91 Å². The van der Waals surface area contributed by atoms with Crippen LogP contribution in [0.3, 0.4) is 0 Å². The molecule has 162 valence electrons. The van der Waals surface area contributed by atoms with Crippen molar-refractivity contribution < 1.29 is 18.7 Å². The Hall–Kier alpha value is -3.39. The van der Waals surface area contributed by atoms with Crippen molar-refractivity contribution in [1.82, 2.24) is 14.9 Å². The minimum atomic E-state index is -0.184. The molecule has 1 saturated heterocycles. The Balaban J connectivity index is 1.70. The molecule has 0 spiro atoms. The number of nitrogens with two attached hydrogens (primary N) is 1. The van der Waals surface area contributed by atoms with Gasteiger partial charge in [0.25, 0.3) is 5.89 Å². The lowest BCUT2D eigenvalue weighted by Crippen LogP contribution is -2.35. The Bertz CT molecular complexity index is 1010. The summed E-state index contributed by atoms with van der Waals surface area (Å²) in [5.74, 6) is 1.63. The van der Waals surface area contributed by atoms with Gasteiger partial charge in [0.15, 0.2) is 5.76 Å². The molecule has 8 heteroatoms. The maximum Gasteiger partial charge on any atom is 0.309 e. The van der Waals surface area contributed by atoms with Gasteiger partial charge in [-0.3, -0.25) is 4.79 Å². The molecule has 31 heavy (non-hydrogen) atoms. The standard InChI is InChI=1S/C23H26N4O4/c1-29-19-10-7-17(15-25-19)20-21(16-5-8-18(9-6-16)30-14-11-24)31-22(26-20)23(28)27-12-3-2-4-13-27/h5-10,15H,2-4,11-14,24H2,1H3. The number of amides is 1. The molecule has 1 fully saturated rings. The molecule has 1 aromatic carbocycles. The van der Waals surface area contributed by atoms with Crippen LogP contribution in [0, 0.1) is 0 Å². The van der Waals surface area contributed by atoms with E-state index < -0.39 is 0 Å². The van der Waals surface area contributed by atoms with Gasteiger partial charge in [-0.25, -0.2) is 9.97 Å². The van der Waals surface area contributed by atoms with E-state index in [-0.39, 0.29) is 11.8 Å². The summed E-state index contributed by atoms with van der Waals surface area (Å²) in [6, 6.07) is 11.0. The Morgan fingerprint density at radius 1 is 1.10 bits per heavy atom. The Labute approximate surface area is 181 Å². The number of carbonyl (C=O) groups excluding carboxylic acids is 1. The molecule has 0 saturated carbocycles. The number of hydrogen-bond donors (Lipinski definition) is 1. The highest BCUT2D eigenvalue weighted by molar-refractivity contribution is 5.92. The van der Waals surface area contributed by atoms with Gasteiger partial charge >= 0.3 is 5.91 Å². The first kappa shape index (κ1) is 20.9. The maximum absolute atomic E-state index is 13.0. The van der Waals surface area contributed by atoms with Crippen LogP contribution >= 0.6 is 0 Å². The van der Waals surface area contributed by atoms with E-state index >= 15 is 0 Å². The van der Waals surface area contributed by atoms with Crippen LogP contribution in [0.1, 0.15) is 29.9 Å². The summed E-state index contributed by atoms with van der Waals surface area (Å²) in [5, 5.41) is 0. The molecule has 1 aliphatic rings. The molecule has 3 aromatic rings. The van der Waals surface area contributed by atoms with Crippen molar-refractivity contribution in [3.05, 3.63) is 48.5 Å². The van der Waals surface area contributed by atoms with Crippen LogP contribution in [-0.2, 0) is 0 Å². The molecule has 1 amide bonds. The van der Waals surface area contributed by atoms with Crippen molar-refractivity contribution in [2.24, 2.45) is 5.73 Å². The zero-order chi connectivity index (χ0) is 21.6. The highest BCUT2D eigenvalue weighted by atomic mass is 16.5. The molecule has 0 radical (unpaired) electrons. The van der Waals surface area contributed by atoms with Crippen molar-refractivity contribution in [2.75, 3.05) is 33.4 Å². The van der Waals surface area contributed by atoms with E-state index in [0.717, 1.165) is 43.5 Å². The van der Waals surface area contributed by atoms with Gasteiger partial charge < -0.3 is 24.5 Å². The number of aromatic nitrogens is 2. The van der Waals surface area contributed by atoms with E-state index in [2.05, 4.69) is 9.97 Å². The average Bonchev–Trinajstić information content (AvgIpc) is 3.28. The van der Waals surface area contributed by atoms with E-state index in [1.807, 2.05) is 30.3 Å². The molecule has 4 rings (SSSR count). The van der Waals surface area contributed by atoms with E-state index in [1.54, 1.807) is 24.3 Å². The number of rotatable bonds is 7. The summed E-state index contributed by atoms with van der Waals surface area (Å²) in [4.78, 5) is 23.6. The highest BCUT2D eigenvalue weighted by Gasteiger charge is 2.26. The zero-order valence-electron chi connectivity index (χ0n) is 17.5. The number of benzene rings is 1. The van der Waals surface area contributed by atoms with Crippen molar-refractivity contribution in [3.63, 3.8) is 0 Å². The number of oxazole rings is 1. The van der Waals surface area contributed by atoms with Crippen LogP contribution < -0.4 is 15.2 Å². The minimum absolute atomic E-state index is 0.0891. The second-order valence-corrected chi connectivity index (χ2v) is 7.30. The third-order valence-corrected chi connectivity index (χ3v) is 5.18. The molecule has 0 atom stereocenters. The lowest BCUT2D eigenvalue weighted by atomic mass is 10.1. The zero-order valence-corrected chi connectivity index (χ0v) is 17.5. The number of carbonyl (C=O) groups is 1. The number of likely N-dealkylation sites (tertiary alicyclic amines) is 1. The lowest BCUT2D eigenvalue weighted by Gasteiger charge is -2.25. The van der Waals surface area contributed by atoms with Gasteiger partial charge in [0.05, 0.1) is 7.11 Å². The molecule has 1 aliphatic heterocycles. The Kier molecular flexibility index (Phi) is 6.47. The first-order valence-electron chi connectivity index (χ1n) is 10.4. The van der Waals surface area contributed by atoms with Crippen molar-refractivity contribution in [1.29, 1.82) is 0 Å². The lowest BCUT2D eigenvalue weighted by molar-refractivity contribution is 0.0685. The summed E-state index contributed by atoms with van der Waals surface area (Å²) in [5.41, 5.74) is 7.58. The second-order valence-electron chi connectivity index (χ2n) is 7.30. The summed E-state index contributed by atoms with van der Waals surface area (Å²) in [6.07, 6.45) is 4.80. The molecule has 8 nitrogen and oxygen atoms in total. The number of ether oxygens (including phenoxy) is 2. The van der Waals surface area contributed by atoms with Crippen LogP contribution in [0.2, 0.25) is 0 Å². The van der Waals surface area contributed by atoms with Crippen LogP contribution in [0.5, 0.6) is 11.6 Å². The SMILES string of the molecule is COc1ccc(-c2nc(C(=O)N3CCCCC3)oc2-c2ccc(OCCN)cc2)cn1. The van der Waals surface area contributed by atoms with E-state index in [0.29, 0.717) is 36.2 Å². The predicted molar refractivity (Wildman–Crippen MR) is 116 cm³/mol. The average molecular weight is 422 g/mol. The minimum Gasteiger partial charge on any atom is -0.492 e. The van der Waals surface area contributed by atoms with Gasteiger partial charge in [-0.15, -0.1) is 0 Å². The maximum atomic E-state index is 13.0. The largest absolute Gasteiger partial charge is 0.492 e. The fourth-order valence-electron chi connectivity index (χ4n) is 3.56. The highest BCUT2D eigenvalue weighted by Crippen LogP contribution is 2.34. The molecule has 0 unspecified atom stereocenters. The first-order chi connectivity index (χ1) is 15.2. The number of hydrogen-bond acceptors (Lipinski definition) is 7. The Morgan fingerprint density at radius 2 is 1.84 bits per heavy atom. The molecular weight excluding hydrogens is 396 g/mol. The van der Waals surface area contributed by atoms with E-state index in [9.17, 15) is 4.79 Å². The normalized spacial score (nSPS) is 13.8. The third-order valence-electron chi connectivity index (χ3n) is 5.18. The summed E-state index contributed by atoms with van der Waals surface area (Å²) >= 11 is 0. The predicted octanol–water partition coefficient (Wildman–Crippen LogP) is 3.38. The molecule has 3 heterocycles. The third kappa shape index (κ3) is 4.69. The smallest absolute Gasteiger partial charge is 0.309 e. The molecule has 2 N–H and O–H groups in total. The molecule has 0 bridgehead atoms. The fraction of sp³-hybridized carbons (Fsp3) is 0.348. The fourth-order valence-corrected chi connectivity index (χ4v) is 3.56. The molecular formula is C23H26N4O4. The van der Waals surface area contributed by atoms with Gasteiger partial charge in [-0.1, -0.05) is 0 Å². The first-order valence-corrected chi connectivity index (χ1v) is 10.4.